The molecular formula is C26H32N4O3. The number of benzene rings is 2. The van der Waals surface area contributed by atoms with E-state index in [-0.39, 0.29) is 30.1 Å². The molecule has 2 fully saturated rings. The first-order valence-corrected chi connectivity index (χ1v) is 11.6. The number of carbonyl (C=O) groups excluding carboxylic acids is 3. The standard InChI is InChI=1S/C26H32N4O3/c1-19-7-6-8-20(2)25(19)27-23(31)18-28-11-13-29(14-12-28)26(33)22-15-24(32)30(17-22)16-21-9-4-3-5-10-21/h3-10,22H,11-18H2,1-2H3,(H,27,31). The Hall–Kier alpha value is -3.19. The van der Waals surface area contributed by atoms with Gasteiger partial charge < -0.3 is 15.1 Å². The molecule has 4 rings (SSSR count). The van der Waals surface area contributed by atoms with Crippen molar-refractivity contribution >= 4 is 23.4 Å². The van der Waals surface area contributed by atoms with E-state index in [1.54, 1.807) is 4.90 Å². The molecule has 1 N–H and O–H groups in total. The Morgan fingerprint density at radius 3 is 2.27 bits per heavy atom. The summed E-state index contributed by atoms with van der Waals surface area (Å²) in [7, 11) is 0. The lowest BCUT2D eigenvalue weighted by Crippen LogP contribution is -2.52. The van der Waals surface area contributed by atoms with Gasteiger partial charge in [-0.15, -0.1) is 0 Å². The molecule has 7 nitrogen and oxygen atoms in total. The first-order chi connectivity index (χ1) is 15.9. The van der Waals surface area contributed by atoms with Gasteiger partial charge in [0.2, 0.25) is 17.7 Å². The van der Waals surface area contributed by atoms with Crippen molar-refractivity contribution < 1.29 is 14.4 Å². The van der Waals surface area contributed by atoms with Crippen LogP contribution in [-0.4, -0.2) is 71.7 Å². The number of carbonyl (C=O) groups is 3. The summed E-state index contributed by atoms with van der Waals surface area (Å²) in [5.74, 6) is -0.220. The Morgan fingerprint density at radius 1 is 0.939 bits per heavy atom. The summed E-state index contributed by atoms with van der Waals surface area (Å²) in [5, 5.41) is 3.03. The quantitative estimate of drug-likeness (QED) is 0.737. The molecule has 33 heavy (non-hydrogen) atoms. The van der Waals surface area contributed by atoms with Crippen molar-refractivity contribution in [3.8, 4) is 0 Å². The molecule has 0 bridgehead atoms. The lowest BCUT2D eigenvalue weighted by atomic mass is 10.1. The third kappa shape index (κ3) is 5.60. The van der Waals surface area contributed by atoms with E-state index in [4.69, 9.17) is 0 Å². The number of para-hydroxylation sites is 1. The summed E-state index contributed by atoms with van der Waals surface area (Å²) in [5.41, 5.74) is 4.05. The molecule has 0 aromatic heterocycles. The van der Waals surface area contributed by atoms with Crippen molar-refractivity contribution in [2.45, 2.75) is 26.8 Å². The van der Waals surface area contributed by atoms with Crippen LogP contribution in [0, 0.1) is 19.8 Å². The van der Waals surface area contributed by atoms with E-state index in [1.165, 1.54) is 0 Å². The van der Waals surface area contributed by atoms with Crippen molar-refractivity contribution in [1.29, 1.82) is 0 Å². The predicted molar refractivity (Wildman–Crippen MR) is 128 cm³/mol. The zero-order valence-electron chi connectivity index (χ0n) is 19.4. The average molecular weight is 449 g/mol. The van der Waals surface area contributed by atoms with E-state index in [9.17, 15) is 14.4 Å². The van der Waals surface area contributed by atoms with E-state index < -0.39 is 0 Å². The molecule has 2 aliphatic rings. The first kappa shape index (κ1) is 23.0. The summed E-state index contributed by atoms with van der Waals surface area (Å²) in [6, 6.07) is 15.8. The van der Waals surface area contributed by atoms with Gasteiger partial charge in [-0.3, -0.25) is 19.3 Å². The fraction of sp³-hybridized carbons (Fsp3) is 0.423. The van der Waals surface area contributed by atoms with Crippen LogP contribution in [0.1, 0.15) is 23.1 Å². The Labute approximate surface area is 195 Å². The molecule has 0 radical (unpaired) electrons. The minimum Gasteiger partial charge on any atom is -0.340 e. The van der Waals surface area contributed by atoms with Crippen LogP contribution in [0.3, 0.4) is 0 Å². The third-order valence-electron chi connectivity index (χ3n) is 6.58. The maximum absolute atomic E-state index is 13.0. The Bertz CT molecular complexity index is 995. The first-order valence-electron chi connectivity index (χ1n) is 11.6. The van der Waals surface area contributed by atoms with Gasteiger partial charge in [-0.05, 0) is 30.5 Å². The minimum atomic E-state index is -0.278. The summed E-state index contributed by atoms with van der Waals surface area (Å²) in [6.07, 6.45) is 0.282. The fourth-order valence-corrected chi connectivity index (χ4v) is 4.67. The van der Waals surface area contributed by atoms with E-state index >= 15 is 0 Å². The predicted octanol–water partition coefficient (Wildman–Crippen LogP) is 2.43. The topological polar surface area (TPSA) is 73.0 Å². The number of aryl methyl sites for hydroxylation is 2. The van der Waals surface area contributed by atoms with Gasteiger partial charge in [0, 0.05) is 51.4 Å². The zero-order valence-corrected chi connectivity index (χ0v) is 19.4. The molecule has 3 amide bonds. The molecule has 2 aliphatic heterocycles. The van der Waals surface area contributed by atoms with Crippen LogP contribution in [0.25, 0.3) is 0 Å². The van der Waals surface area contributed by atoms with Gasteiger partial charge in [0.05, 0.1) is 12.5 Å². The maximum Gasteiger partial charge on any atom is 0.238 e. The van der Waals surface area contributed by atoms with Gasteiger partial charge in [0.25, 0.3) is 0 Å². The highest BCUT2D eigenvalue weighted by atomic mass is 16.2. The summed E-state index contributed by atoms with van der Waals surface area (Å²) >= 11 is 0. The van der Waals surface area contributed by atoms with Crippen molar-refractivity contribution in [2.24, 2.45) is 5.92 Å². The monoisotopic (exact) mass is 448 g/mol. The van der Waals surface area contributed by atoms with Gasteiger partial charge in [-0.25, -0.2) is 0 Å². The SMILES string of the molecule is Cc1cccc(C)c1NC(=O)CN1CCN(C(=O)C2CC(=O)N(Cc3ccccc3)C2)CC1. The van der Waals surface area contributed by atoms with Gasteiger partial charge in [0.15, 0.2) is 0 Å². The summed E-state index contributed by atoms with van der Waals surface area (Å²) in [6.45, 7) is 7.78. The highest BCUT2D eigenvalue weighted by Crippen LogP contribution is 2.23. The number of nitrogens with zero attached hydrogens (tertiary/aromatic N) is 3. The van der Waals surface area contributed by atoms with Gasteiger partial charge in [-0.2, -0.15) is 0 Å². The number of likely N-dealkylation sites (tertiary alicyclic amines) is 1. The van der Waals surface area contributed by atoms with E-state index in [1.807, 2.05) is 67.3 Å². The third-order valence-corrected chi connectivity index (χ3v) is 6.58. The van der Waals surface area contributed by atoms with Crippen molar-refractivity contribution in [3.05, 3.63) is 65.2 Å². The molecule has 174 valence electrons. The number of anilines is 1. The van der Waals surface area contributed by atoms with Crippen LogP contribution in [0.2, 0.25) is 0 Å². The van der Waals surface area contributed by atoms with E-state index in [0.29, 0.717) is 45.8 Å². The highest BCUT2D eigenvalue weighted by Gasteiger charge is 2.37. The number of nitrogens with one attached hydrogen (secondary N) is 1. The molecule has 2 saturated heterocycles. The smallest absolute Gasteiger partial charge is 0.238 e. The number of amides is 3. The van der Waals surface area contributed by atoms with Crippen molar-refractivity contribution in [2.75, 3.05) is 44.6 Å². The number of rotatable bonds is 6. The van der Waals surface area contributed by atoms with Crippen molar-refractivity contribution in [3.63, 3.8) is 0 Å². The Kier molecular flexibility index (Phi) is 7.08. The second-order valence-electron chi connectivity index (χ2n) is 9.08. The van der Waals surface area contributed by atoms with Crippen LogP contribution in [-0.2, 0) is 20.9 Å². The molecule has 1 atom stereocenters. The summed E-state index contributed by atoms with van der Waals surface area (Å²) < 4.78 is 0. The van der Waals surface area contributed by atoms with Crippen LogP contribution in [0.5, 0.6) is 0 Å². The molecule has 2 heterocycles. The van der Waals surface area contributed by atoms with Crippen LogP contribution >= 0.6 is 0 Å². The fourth-order valence-electron chi connectivity index (χ4n) is 4.67. The number of piperazine rings is 1. The second-order valence-corrected chi connectivity index (χ2v) is 9.08. The zero-order chi connectivity index (χ0) is 23.4. The molecule has 2 aromatic carbocycles. The Balaban J connectivity index is 1.24. The average Bonchev–Trinajstić information content (AvgIpc) is 3.17. The van der Waals surface area contributed by atoms with Crippen LogP contribution < -0.4 is 5.32 Å². The maximum atomic E-state index is 13.0. The molecule has 1 unspecified atom stereocenters. The summed E-state index contributed by atoms with van der Waals surface area (Å²) in [4.78, 5) is 43.8. The molecular weight excluding hydrogens is 416 g/mol. The normalized spacial score (nSPS) is 19.1. The van der Waals surface area contributed by atoms with Crippen LogP contribution in [0.4, 0.5) is 5.69 Å². The molecule has 7 heteroatoms. The van der Waals surface area contributed by atoms with E-state index in [0.717, 1.165) is 22.4 Å². The van der Waals surface area contributed by atoms with Crippen molar-refractivity contribution in [1.82, 2.24) is 14.7 Å². The largest absolute Gasteiger partial charge is 0.340 e. The van der Waals surface area contributed by atoms with Gasteiger partial charge >= 0.3 is 0 Å². The second kappa shape index (κ2) is 10.2. The van der Waals surface area contributed by atoms with E-state index in [2.05, 4.69) is 10.2 Å². The Morgan fingerprint density at radius 2 is 1.61 bits per heavy atom. The molecule has 0 aliphatic carbocycles. The molecule has 0 spiro atoms. The lowest BCUT2D eigenvalue weighted by Gasteiger charge is -2.35. The minimum absolute atomic E-state index is 0.0369. The molecule has 2 aromatic rings. The van der Waals surface area contributed by atoms with Gasteiger partial charge in [-0.1, -0.05) is 48.5 Å². The number of hydrogen-bond donors (Lipinski definition) is 1. The van der Waals surface area contributed by atoms with Gasteiger partial charge in [0.1, 0.15) is 0 Å². The highest BCUT2D eigenvalue weighted by molar-refractivity contribution is 5.94. The lowest BCUT2D eigenvalue weighted by molar-refractivity contribution is -0.137. The molecule has 0 saturated carbocycles. The number of hydrogen-bond acceptors (Lipinski definition) is 4. The van der Waals surface area contributed by atoms with Crippen LogP contribution in [0.15, 0.2) is 48.5 Å².